The number of sulfonamides is 2. The maximum atomic E-state index is 15.8. The Morgan fingerprint density at radius 2 is 1.24 bits per heavy atom. The van der Waals surface area contributed by atoms with E-state index in [1.165, 1.54) is 30.3 Å². The van der Waals surface area contributed by atoms with Gasteiger partial charge in [-0.05, 0) is 74.7 Å². The molecule has 6 rings (SSSR count). The molecule has 2 atom stereocenters. The number of hydrogen-bond acceptors (Lipinski definition) is 7. The molecule has 0 saturated carbocycles. The number of ether oxygens (including phenoxy) is 1. The summed E-state index contributed by atoms with van der Waals surface area (Å²) >= 11 is 0. The zero-order chi connectivity index (χ0) is 38.7. The number of amidine groups is 1. The smallest absolute Gasteiger partial charge is 0.343 e. The van der Waals surface area contributed by atoms with Crippen molar-refractivity contribution in [3.63, 3.8) is 0 Å². The van der Waals surface area contributed by atoms with Crippen LogP contribution < -0.4 is 0 Å². The van der Waals surface area contributed by atoms with Crippen LogP contribution in [0.15, 0.2) is 165 Å². The third-order valence-corrected chi connectivity index (χ3v) is 12.0. The van der Waals surface area contributed by atoms with Gasteiger partial charge in [-0.1, -0.05) is 126 Å². The van der Waals surface area contributed by atoms with Crippen molar-refractivity contribution in [3.8, 4) is 0 Å². The summed E-state index contributed by atoms with van der Waals surface area (Å²) in [4.78, 5) is 29.9. The highest BCUT2D eigenvalue weighted by Crippen LogP contribution is 2.54. The Labute approximate surface area is 316 Å². The molecule has 0 N–H and O–H groups in total. The molecule has 0 unspecified atom stereocenters. The molecule has 1 fully saturated rings. The van der Waals surface area contributed by atoms with Gasteiger partial charge in [-0.15, -0.1) is 10.1 Å². The number of esters is 1. The van der Waals surface area contributed by atoms with E-state index in [1.807, 2.05) is 6.07 Å². The van der Waals surface area contributed by atoms with Crippen LogP contribution in [0.2, 0.25) is 0 Å². The summed E-state index contributed by atoms with van der Waals surface area (Å²) in [5.41, 5.74) is 3.11. The molecule has 0 bridgehead atoms. The lowest BCUT2D eigenvalue weighted by Gasteiger charge is -2.33. The van der Waals surface area contributed by atoms with Crippen LogP contribution >= 0.6 is 0 Å². The lowest BCUT2D eigenvalue weighted by Crippen LogP contribution is -2.46. The van der Waals surface area contributed by atoms with Crippen molar-refractivity contribution in [1.82, 2.24) is 4.31 Å². The van der Waals surface area contributed by atoms with Gasteiger partial charge in [0.25, 0.3) is 26.0 Å². The molecule has 0 radical (unpaired) electrons. The number of carbonyl (C=O) groups is 2. The van der Waals surface area contributed by atoms with Crippen molar-refractivity contribution >= 4 is 43.8 Å². The highest BCUT2D eigenvalue weighted by Gasteiger charge is 2.66. The molecule has 0 aromatic heterocycles. The number of rotatable bonds is 10. The number of benzene rings is 5. The van der Waals surface area contributed by atoms with Gasteiger partial charge in [-0.25, -0.2) is 13.2 Å². The molecule has 0 aliphatic carbocycles. The molecule has 1 aliphatic rings. The second kappa shape index (κ2) is 15.2. The number of nitrogens with zero attached hydrogens (tertiary/aromatic N) is 2. The first-order valence-electron chi connectivity index (χ1n) is 17.2. The van der Waals surface area contributed by atoms with E-state index in [-0.39, 0.29) is 20.9 Å². The summed E-state index contributed by atoms with van der Waals surface area (Å²) < 4.78 is 69.0. The van der Waals surface area contributed by atoms with Gasteiger partial charge in [0.1, 0.15) is 16.8 Å². The molecule has 5 aromatic rings. The summed E-state index contributed by atoms with van der Waals surface area (Å²) in [6, 6.07) is 37.2. The largest absolute Gasteiger partial charge is 0.459 e. The Hall–Kier alpha value is -5.87. The Bertz CT molecular complexity index is 2490. The minimum Gasteiger partial charge on any atom is -0.459 e. The first kappa shape index (κ1) is 37.9. The minimum atomic E-state index is -4.90. The predicted octanol–water partition coefficient (Wildman–Crippen LogP) is 7.53. The Morgan fingerprint density at radius 3 is 1.78 bits per heavy atom. The fourth-order valence-corrected chi connectivity index (χ4v) is 8.98. The molecule has 1 amide bonds. The molecule has 1 aliphatic heterocycles. The number of hydrogen-bond donors (Lipinski definition) is 0. The van der Waals surface area contributed by atoms with Gasteiger partial charge < -0.3 is 4.74 Å². The second-order valence-corrected chi connectivity index (χ2v) is 16.6. The minimum absolute atomic E-state index is 0.190. The van der Waals surface area contributed by atoms with E-state index < -0.39 is 55.2 Å². The molecule has 5 aromatic carbocycles. The van der Waals surface area contributed by atoms with E-state index >= 15 is 4.79 Å². The number of carbonyl (C=O) groups excluding carboxylic acids is 2. The predicted molar refractivity (Wildman–Crippen MR) is 207 cm³/mol. The maximum Gasteiger partial charge on any atom is 0.343 e. The third kappa shape index (κ3) is 7.21. The number of aryl methyl sites for hydroxylation is 2. The highest BCUT2D eigenvalue weighted by molar-refractivity contribution is 7.91. The van der Waals surface area contributed by atoms with Crippen LogP contribution in [0, 0.1) is 13.8 Å². The summed E-state index contributed by atoms with van der Waals surface area (Å²) in [7, 11) is -9.58. The van der Waals surface area contributed by atoms with Gasteiger partial charge in [0.15, 0.2) is 0 Å². The lowest BCUT2D eigenvalue weighted by molar-refractivity contribution is -0.145. The molecule has 54 heavy (non-hydrogen) atoms. The molecule has 274 valence electrons. The van der Waals surface area contributed by atoms with Gasteiger partial charge in [0.05, 0.1) is 21.8 Å². The normalized spacial score (nSPS) is 18.0. The molecule has 9 nitrogen and oxygen atoms in total. The third-order valence-electron chi connectivity index (χ3n) is 9.00. The van der Waals surface area contributed by atoms with Gasteiger partial charge in [-0.3, -0.25) is 4.79 Å². The van der Waals surface area contributed by atoms with Crippen molar-refractivity contribution in [2.75, 3.05) is 0 Å². The van der Waals surface area contributed by atoms with Crippen LogP contribution in [-0.2, 0) is 39.8 Å². The zero-order valence-corrected chi connectivity index (χ0v) is 31.7. The Balaban J connectivity index is 1.82. The van der Waals surface area contributed by atoms with Crippen LogP contribution in [0.3, 0.4) is 0 Å². The summed E-state index contributed by atoms with van der Waals surface area (Å²) in [6.07, 6.45) is 0.849. The topological polar surface area (TPSA) is 127 Å². The fourth-order valence-electron chi connectivity index (χ4n) is 6.47. The maximum absolute atomic E-state index is 15.8. The van der Waals surface area contributed by atoms with E-state index in [4.69, 9.17) is 4.74 Å². The van der Waals surface area contributed by atoms with Gasteiger partial charge in [0, 0.05) is 0 Å². The molecular weight excluding hydrogens is 721 g/mol. The van der Waals surface area contributed by atoms with Gasteiger partial charge in [0.2, 0.25) is 0 Å². The van der Waals surface area contributed by atoms with Crippen LogP contribution in [0.25, 0.3) is 6.08 Å². The van der Waals surface area contributed by atoms with Crippen molar-refractivity contribution in [2.24, 2.45) is 4.40 Å². The van der Waals surface area contributed by atoms with Crippen molar-refractivity contribution in [2.45, 2.75) is 54.9 Å². The highest BCUT2D eigenvalue weighted by atomic mass is 32.2. The van der Waals surface area contributed by atoms with E-state index in [0.717, 1.165) is 11.1 Å². The summed E-state index contributed by atoms with van der Waals surface area (Å²) in [6.45, 7) is 6.86. The second-order valence-electron chi connectivity index (χ2n) is 13.2. The summed E-state index contributed by atoms with van der Waals surface area (Å²) in [5, 5.41) is 0. The van der Waals surface area contributed by atoms with Gasteiger partial charge >= 0.3 is 5.97 Å². The molecule has 0 spiro atoms. The SMILES string of the molecule is Cc1ccc(S(=O)(=O)/N=C2/[C@@H](c3ccccc3)[C@@](C(=C=Cc3ccccc3)C(=O)OC(C)C)(c3ccccc3)C(=O)N2S(=O)(=O)c2ccc(C)cc2)cc1. The zero-order valence-electron chi connectivity index (χ0n) is 30.1. The first-order valence-corrected chi connectivity index (χ1v) is 20.1. The quantitative estimate of drug-likeness (QED) is 0.0819. The molecule has 1 saturated heterocycles. The van der Waals surface area contributed by atoms with E-state index in [2.05, 4.69) is 10.1 Å². The van der Waals surface area contributed by atoms with Crippen molar-refractivity contribution < 1.29 is 31.2 Å². The van der Waals surface area contributed by atoms with Crippen LogP contribution in [-0.4, -0.2) is 45.0 Å². The molecule has 11 heteroatoms. The summed E-state index contributed by atoms with van der Waals surface area (Å²) in [5.74, 6) is -4.22. The fraction of sp³-hybridized carbons (Fsp3) is 0.163. The van der Waals surface area contributed by atoms with E-state index in [0.29, 0.717) is 15.4 Å². The average molecular weight is 759 g/mol. The first-order chi connectivity index (χ1) is 25.8. The molecular formula is C43H38N2O7S2. The standard InChI is InChI=1S/C43H38N2O7S2/c1-30(2)52-41(46)38(29-24-33-14-8-5-9-15-33)43(35-18-12-7-13-19-35)39(34-16-10-6-11-17-34)40(44-53(48,49)36-25-20-31(3)21-26-36)45(42(43)47)54(50,51)37-27-22-32(4)23-28-37/h5-28,30,39H,1-4H3/b44-40-/t29?,39-,43+/m1/s1. The van der Waals surface area contributed by atoms with Crippen LogP contribution in [0.1, 0.15) is 47.6 Å². The van der Waals surface area contributed by atoms with Crippen LogP contribution in [0.4, 0.5) is 0 Å². The van der Waals surface area contributed by atoms with E-state index in [1.54, 1.807) is 137 Å². The Morgan fingerprint density at radius 1 is 0.741 bits per heavy atom. The van der Waals surface area contributed by atoms with Crippen molar-refractivity contribution in [3.05, 3.63) is 179 Å². The lowest BCUT2D eigenvalue weighted by atomic mass is 9.64. The van der Waals surface area contributed by atoms with E-state index in [9.17, 15) is 21.6 Å². The average Bonchev–Trinajstić information content (AvgIpc) is 3.40. The molecule has 1 heterocycles. The number of amides is 1. The van der Waals surface area contributed by atoms with Gasteiger partial charge in [-0.2, -0.15) is 12.7 Å². The Kier molecular flexibility index (Phi) is 10.7. The monoisotopic (exact) mass is 758 g/mol. The van der Waals surface area contributed by atoms with Crippen molar-refractivity contribution in [1.29, 1.82) is 0 Å². The van der Waals surface area contributed by atoms with Crippen LogP contribution in [0.5, 0.6) is 0 Å².